The van der Waals surface area contributed by atoms with Crippen LogP contribution in [0, 0.1) is 5.82 Å². The van der Waals surface area contributed by atoms with Crippen LogP contribution in [0.15, 0.2) is 66.7 Å². The van der Waals surface area contributed by atoms with Gasteiger partial charge in [0.2, 0.25) is 0 Å². The zero-order valence-electron chi connectivity index (χ0n) is 17.2. The summed E-state index contributed by atoms with van der Waals surface area (Å²) in [4.78, 5) is 27.1. The van der Waals surface area contributed by atoms with Crippen molar-refractivity contribution in [2.75, 3.05) is 12.3 Å². The molecule has 0 atom stereocenters. The average Bonchev–Trinajstić information content (AvgIpc) is 2.82. The lowest BCUT2D eigenvalue weighted by atomic mass is 9.95. The molecule has 0 radical (unpaired) electrons. The SMILES string of the molecule is Nc1ccccc1/C=C(/C(=O)N1CCc2ccc(C(=O)NO)cc2C1)c1ccc(F)cc1. The lowest BCUT2D eigenvalue weighted by molar-refractivity contribution is -0.125. The van der Waals surface area contributed by atoms with Crippen LogP contribution in [-0.2, 0) is 17.8 Å². The number of halogens is 1. The maximum Gasteiger partial charge on any atom is 0.274 e. The summed E-state index contributed by atoms with van der Waals surface area (Å²) < 4.78 is 13.5. The Labute approximate surface area is 184 Å². The fraction of sp³-hybridized carbons (Fsp3) is 0.120. The third-order valence-corrected chi connectivity index (χ3v) is 5.55. The molecular weight excluding hydrogens is 409 g/mol. The Balaban J connectivity index is 1.70. The normalized spacial score (nSPS) is 13.4. The van der Waals surface area contributed by atoms with Gasteiger partial charge in [-0.05, 0) is 65.1 Å². The van der Waals surface area contributed by atoms with Crippen molar-refractivity contribution in [1.29, 1.82) is 0 Å². The second kappa shape index (κ2) is 9.03. The molecule has 4 N–H and O–H groups in total. The molecule has 3 aromatic carbocycles. The Morgan fingerprint density at radius 3 is 2.44 bits per heavy atom. The van der Waals surface area contributed by atoms with Crippen molar-refractivity contribution < 1.29 is 19.2 Å². The molecule has 162 valence electrons. The first kappa shape index (κ1) is 21.3. The van der Waals surface area contributed by atoms with Gasteiger partial charge < -0.3 is 10.6 Å². The number of benzene rings is 3. The minimum absolute atomic E-state index is 0.220. The average molecular weight is 431 g/mol. The quantitative estimate of drug-likeness (QED) is 0.193. The molecule has 0 aromatic heterocycles. The molecule has 1 aliphatic heterocycles. The van der Waals surface area contributed by atoms with Crippen molar-refractivity contribution in [3.8, 4) is 0 Å². The molecule has 2 amide bonds. The number of hydrogen-bond acceptors (Lipinski definition) is 4. The highest BCUT2D eigenvalue weighted by atomic mass is 19.1. The van der Waals surface area contributed by atoms with Crippen LogP contribution < -0.4 is 11.2 Å². The van der Waals surface area contributed by atoms with E-state index in [1.165, 1.54) is 12.1 Å². The molecule has 0 saturated carbocycles. The standard InChI is InChI=1S/C25H22FN3O3/c26-21-9-7-17(8-10-21)22(14-18-3-1-2-4-23(18)27)25(31)29-12-11-16-5-6-19(24(30)28-32)13-20(16)15-29/h1-10,13-14,32H,11-12,15,27H2,(H,28,30)/b22-14+. The summed E-state index contributed by atoms with van der Waals surface area (Å²) in [5.74, 6) is -1.22. The van der Waals surface area contributed by atoms with Crippen LogP contribution in [-0.4, -0.2) is 28.5 Å². The summed E-state index contributed by atoms with van der Waals surface area (Å²) in [6.07, 6.45) is 2.35. The van der Waals surface area contributed by atoms with E-state index >= 15 is 0 Å². The molecule has 4 rings (SSSR count). The zero-order chi connectivity index (χ0) is 22.7. The van der Waals surface area contributed by atoms with Crippen molar-refractivity contribution in [3.63, 3.8) is 0 Å². The van der Waals surface area contributed by atoms with Crippen LogP contribution in [0.5, 0.6) is 0 Å². The summed E-state index contributed by atoms with van der Waals surface area (Å²) in [7, 11) is 0. The second-order valence-corrected chi connectivity index (χ2v) is 7.59. The number of rotatable bonds is 4. The number of nitrogens with two attached hydrogens (primary N) is 1. The third-order valence-electron chi connectivity index (χ3n) is 5.55. The van der Waals surface area contributed by atoms with Crippen LogP contribution in [0.1, 0.15) is 32.6 Å². The number of carbonyl (C=O) groups excluding carboxylic acids is 2. The molecule has 0 fully saturated rings. The van der Waals surface area contributed by atoms with E-state index in [0.29, 0.717) is 47.5 Å². The second-order valence-electron chi connectivity index (χ2n) is 7.59. The Morgan fingerprint density at radius 1 is 1.00 bits per heavy atom. The van der Waals surface area contributed by atoms with Gasteiger partial charge in [0.05, 0.1) is 0 Å². The van der Waals surface area contributed by atoms with E-state index in [2.05, 4.69) is 0 Å². The van der Waals surface area contributed by atoms with E-state index in [9.17, 15) is 14.0 Å². The van der Waals surface area contributed by atoms with Gasteiger partial charge in [-0.15, -0.1) is 0 Å². The maximum atomic E-state index is 13.6. The van der Waals surface area contributed by atoms with Crippen molar-refractivity contribution in [2.24, 2.45) is 0 Å². The Hall–Kier alpha value is -3.97. The Bertz CT molecular complexity index is 1210. The summed E-state index contributed by atoms with van der Waals surface area (Å²) in [5, 5.41) is 8.90. The van der Waals surface area contributed by atoms with Gasteiger partial charge in [0.15, 0.2) is 0 Å². The number of nitrogen functional groups attached to an aromatic ring is 1. The molecular formula is C25H22FN3O3. The molecule has 1 heterocycles. The van der Waals surface area contributed by atoms with Gasteiger partial charge in [0.25, 0.3) is 11.8 Å². The van der Waals surface area contributed by atoms with E-state index in [-0.39, 0.29) is 11.7 Å². The monoisotopic (exact) mass is 431 g/mol. The van der Waals surface area contributed by atoms with E-state index in [4.69, 9.17) is 10.9 Å². The number of nitrogens with one attached hydrogen (secondary N) is 1. The van der Waals surface area contributed by atoms with Gasteiger partial charge in [0.1, 0.15) is 5.82 Å². The van der Waals surface area contributed by atoms with Gasteiger partial charge >= 0.3 is 0 Å². The molecule has 0 aliphatic carbocycles. The van der Waals surface area contributed by atoms with Crippen LogP contribution in [0.25, 0.3) is 11.6 Å². The molecule has 7 heteroatoms. The Kier molecular flexibility index (Phi) is 6.00. The number of hydrogen-bond donors (Lipinski definition) is 3. The van der Waals surface area contributed by atoms with Crippen LogP contribution in [0.3, 0.4) is 0 Å². The predicted molar refractivity (Wildman–Crippen MR) is 120 cm³/mol. The number of hydroxylamine groups is 1. The smallest absolute Gasteiger partial charge is 0.274 e. The molecule has 6 nitrogen and oxygen atoms in total. The van der Waals surface area contributed by atoms with E-state index < -0.39 is 5.91 Å². The molecule has 32 heavy (non-hydrogen) atoms. The van der Waals surface area contributed by atoms with Crippen molar-refractivity contribution >= 4 is 29.2 Å². The first-order valence-corrected chi connectivity index (χ1v) is 10.1. The largest absolute Gasteiger partial charge is 0.398 e. The Morgan fingerprint density at radius 2 is 1.72 bits per heavy atom. The van der Waals surface area contributed by atoms with Crippen LogP contribution >= 0.6 is 0 Å². The van der Waals surface area contributed by atoms with E-state index in [1.54, 1.807) is 46.8 Å². The first-order chi connectivity index (χ1) is 15.5. The highest BCUT2D eigenvalue weighted by molar-refractivity contribution is 6.24. The van der Waals surface area contributed by atoms with Crippen molar-refractivity contribution in [1.82, 2.24) is 10.4 Å². The van der Waals surface area contributed by atoms with Gasteiger partial charge in [-0.3, -0.25) is 14.8 Å². The lowest BCUT2D eigenvalue weighted by Crippen LogP contribution is -2.36. The summed E-state index contributed by atoms with van der Waals surface area (Å²) >= 11 is 0. The van der Waals surface area contributed by atoms with Gasteiger partial charge in [-0.2, -0.15) is 0 Å². The molecule has 0 saturated heterocycles. The minimum Gasteiger partial charge on any atom is -0.398 e. The van der Waals surface area contributed by atoms with Crippen LogP contribution in [0.2, 0.25) is 0 Å². The van der Waals surface area contributed by atoms with Crippen molar-refractivity contribution in [2.45, 2.75) is 13.0 Å². The van der Waals surface area contributed by atoms with E-state index in [0.717, 1.165) is 11.1 Å². The topological polar surface area (TPSA) is 95.7 Å². The summed E-state index contributed by atoms with van der Waals surface area (Å²) in [6, 6.07) is 18.1. The molecule has 0 bridgehead atoms. The zero-order valence-corrected chi connectivity index (χ0v) is 17.2. The van der Waals surface area contributed by atoms with Crippen LogP contribution in [0.4, 0.5) is 10.1 Å². The number of amides is 2. The predicted octanol–water partition coefficient (Wildman–Crippen LogP) is 3.65. The summed E-state index contributed by atoms with van der Waals surface area (Å²) in [6.45, 7) is 0.809. The number of nitrogens with zero attached hydrogens (tertiary/aromatic N) is 1. The molecule has 0 spiro atoms. The van der Waals surface area contributed by atoms with Crippen molar-refractivity contribution in [3.05, 3.63) is 100 Å². The van der Waals surface area contributed by atoms with Gasteiger partial charge in [-0.25, -0.2) is 9.87 Å². The first-order valence-electron chi connectivity index (χ1n) is 10.1. The molecule has 3 aromatic rings. The fourth-order valence-corrected chi connectivity index (χ4v) is 3.80. The van der Waals surface area contributed by atoms with E-state index in [1.807, 2.05) is 24.3 Å². The molecule has 0 unspecified atom stereocenters. The highest BCUT2D eigenvalue weighted by Crippen LogP contribution is 2.27. The number of para-hydroxylation sites is 1. The van der Waals surface area contributed by atoms with Gasteiger partial charge in [-0.1, -0.05) is 36.4 Å². The summed E-state index contributed by atoms with van der Waals surface area (Å²) in [5.41, 5.74) is 12.1. The van der Waals surface area contributed by atoms with Gasteiger partial charge in [0, 0.05) is 29.9 Å². The molecule has 1 aliphatic rings. The third kappa shape index (κ3) is 4.38. The fourth-order valence-electron chi connectivity index (χ4n) is 3.80. The lowest BCUT2D eigenvalue weighted by Gasteiger charge is -2.30. The maximum absolute atomic E-state index is 13.6. The minimum atomic E-state index is -0.609. The number of carbonyl (C=O) groups is 2. The number of fused-ring (bicyclic) bond motifs is 1. The number of anilines is 1. The highest BCUT2D eigenvalue weighted by Gasteiger charge is 2.25.